The van der Waals surface area contributed by atoms with Gasteiger partial charge in [0.15, 0.2) is 0 Å². The van der Waals surface area contributed by atoms with Crippen molar-refractivity contribution in [2.75, 3.05) is 5.08 Å². The second-order valence-corrected chi connectivity index (χ2v) is 4.68. The van der Waals surface area contributed by atoms with E-state index in [1.54, 1.807) is 0 Å². The maximum Gasteiger partial charge on any atom is 0.0509 e. The minimum atomic E-state index is 0.613. The normalized spacial score (nSPS) is 14.5. The fraction of sp³-hybridized carbons (Fsp3) is 1.00. The topological polar surface area (TPSA) is 3.24 Å². The average molecular weight is 193 g/mol. The molecule has 0 saturated carbocycles. The van der Waals surface area contributed by atoms with Gasteiger partial charge < -0.3 is 0 Å². The highest BCUT2D eigenvalue weighted by molar-refractivity contribution is 8.07. The molecule has 0 fully saturated rings. The third-order valence-corrected chi connectivity index (χ3v) is 3.28. The summed E-state index contributed by atoms with van der Waals surface area (Å²) in [5, 5.41) is 0.878. The van der Waals surface area contributed by atoms with E-state index in [2.05, 4.69) is 44.6 Å². The summed E-state index contributed by atoms with van der Waals surface area (Å²) in [6.07, 6.45) is 1.21. The summed E-state index contributed by atoms with van der Waals surface area (Å²) < 4.78 is 2.41. The first kappa shape index (κ1) is 11.7. The van der Waals surface area contributed by atoms with E-state index >= 15 is 0 Å². The molecule has 0 heterocycles. The monoisotopic (exact) mass is 193 g/mol. The smallest absolute Gasteiger partial charge is 0.0509 e. The Hall–Kier alpha value is 0.660. The molecule has 11 heavy (non-hydrogen) atoms. The van der Waals surface area contributed by atoms with Crippen molar-refractivity contribution in [2.45, 2.75) is 46.2 Å². The van der Waals surface area contributed by atoms with Crippen LogP contribution in [0.15, 0.2) is 0 Å². The average Bonchev–Trinajstić information content (AvgIpc) is 1.98. The van der Waals surface area contributed by atoms with Crippen LogP contribution in [0.4, 0.5) is 0 Å². The maximum atomic E-state index is 4.21. The summed E-state index contributed by atoms with van der Waals surface area (Å²) in [7, 11) is 0. The van der Waals surface area contributed by atoms with Gasteiger partial charge in [-0.15, -0.1) is 0 Å². The van der Waals surface area contributed by atoms with Crippen LogP contribution >= 0.6 is 24.6 Å². The first-order chi connectivity index (χ1) is 5.13. The van der Waals surface area contributed by atoms with Gasteiger partial charge in [0.2, 0.25) is 0 Å². The van der Waals surface area contributed by atoms with E-state index in [4.69, 9.17) is 0 Å². The van der Waals surface area contributed by atoms with Crippen molar-refractivity contribution in [2.24, 2.45) is 0 Å². The number of hydrogen-bond donors (Lipinski definition) is 1. The van der Waals surface area contributed by atoms with Crippen molar-refractivity contribution >= 4 is 24.6 Å². The third kappa shape index (κ3) is 4.28. The largest absolute Gasteiger partial charge is 0.245 e. The Bertz CT molecular complexity index is 96.1. The Labute approximate surface area is 80.5 Å². The van der Waals surface area contributed by atoms with Crippen LogP contribution < -0.4 is 0 Å². The Morgan fingerprint density at radius 3 is 2.18 bits per heavy atom. The lowest BCUT2D eigenvalue weighted by Gasteiger charge is -2.30. The van der Waals surface area contributed by atoms with Crippen molar-refractivity contribution in [3.8, 4) is 0 Å². The van der Waals surface area contributed by atoms with Crippen LogP contribution in [0, 0.1) is 0 Å². The summed E-state index contributed by atoms with van der Waals surface area (Å²) in [5.41, 5.74) is 0. The molecule has 1 atom stereocenters. The lowest BCUT2D eigenvalue weighted by Crippen LogP contribution is -2.32. The van der Waals surface area contributed by atoms with Crippen molar-refractivity contribution in [1.29, 1.82) is 0 Å². The van der Waals surface area contributed by atoms with Crippen LogP contribution in [-0.2, 0) is 0 Å². The number of rotatable bonds is 5. The Balaban J connectivity index is 3.87. The number of thiol groups is 1. The molecule has 0 N–H and O–H groups in total. The van der Waals surface area contributed by atoms with Crippen molar-refractivity contribution in [3.05, 3.63) is 0 Å². The van der Waals surface area contributed by atoms with E-state index < -0.39 is 0 Å². The van der Waals surface area contributed by atoms with Crippen molar-refractivity contribution in [3.63, 3.8) is 0 Å². The molecule has 1 nitrogen and oxygen atoms in total. The molecule has 0 aliphatic carbocycles. The molecule has 1 unspecified atom stereocenters. The first-order valence-corrected chi connectivity index (χ1v) is 5.73. The van der Waals surface area contributed by atoms with Gasteiger partial charge in [-0.2, -0.15) is 12.6 Å². The lowest BCUT2D eigenvalue weighted by atomic mass is 10.2. The quantitative estimate of drug-likeness (QED) is 0.406. The summed E-state index contributed by atoms with van der Waals surface area (Å²) in [6.45, 7) is 8.93. The molecule has 0 rings (SSSR count). The molecule has 0 radical (unpaired) electrons. The van der Waals surface area contributed by atoms with E-state index in [1.165, 1.54) is 6.42 Å². The van der Waals surface area contributed by atoms with Crippen molar-refractivity contribution in [1.82, 2.24) is 4.31 Å². The SMILES string of the molecule is CCC(C)N(SCS)C(C)C. The molecule has 0 spiro atoms. The van der Waals surface area contributed by atoms with Gasteiger partial charge in [0.05, 0.1) is 5.08 Å². The van der Waals surface area contributed by atoms with Crippen molar-refractivity contribution < 1.29 is 0 Å². The lowest BCUT2D eigenvalue weighted by molar-refractivity contribution is 0.311. The molecule has 0 aliphatic heterocycles. The van der Waals surface area contributed by atoms with Gasteiger partial charge in [0.25, 0.3) is 0 Å². The number of hydrogen-bond acceptors (Lipinski definition) is 3. The molecule has 3 heteroatoms. The van der Waals surface area contributed by atoms with Crippen LogP contribution in [0.25, 0.3) is 0 Å². The Kier molecular flexibility index (Phi) is 6.58. The Morgan fingerprint density at radius 2 is 1.91 bits per heavy atom. The van der Waals surface area contributed by atoms with Gasteiger partial charge in [-0.3, -0.25) is 0 Å². The molecule has 68 valence electrons. The van der Waals surface area contributed by atoms with Crippen LogP contribution in [0.5, 0.6) is 0 Å². The fourth-order valence-corrected chi connectivity index (χ4v) is 2.27. The summed E-state index contributed by atoms with van der Waals surface area (Å²) >= 11 is 6.02. The third-order valence-electron chi connectivity index (χ3n) is 1.74. The van der Waals surface area contributed by atoms with Gasteiger partial charge in [0.1, 0.15) is 0 Å². The van der Waals surface area contributed by atoms with Gasteiger partial charge in [-0.05, 0) is 27.2 Å². The zero-order chi connectivity index (χ0) is 8.85. The van der Waals surface area contributed by atoms with Crippen LogP contribution in [0.1, 0.15) is 34.1 Å². The second-order valence-electron chi connectivity index (χ2n) is 2.97. The molecule has 0 saturated heterocycles. The molecule has 0 aromatic heterocycles. The molecular formula is C8H19NS2. The number of nitrogens with zero attached hydrogens (tertiary/aromatic N) is 1. The molecule has 0 aromatic carbocycles. The van der Waals surface area contributed by atoms with E-state index in [1.807, 2.05) is 11.9 Å². The molecule has 0 amide bonds. The summed E-state index contributed by atoms with van der Waals surface area (Å²) in [5.74, 6) is 0. The molecule has 0 aliphatic rings. The molecular weight excluding hydrogens is 174 g/mol. The minimum Gasteiger partial charge on any atom is -0.245 e. The standard InChI is InChI=1S/C8H19NS2/c1-5-8(4)9(7(2)3)11-6-10/h7-8,10H,5-6H2,1-4H3. The highest BCUT2D eigenvalue weighted by Crippen LogP contribution is 2.20. The van der Waals surface area contributed by atoms with Gasteiger partial charge >= 0.3 is 0 Å². The second kappa shape index (κ2) is 6.21. The van der Waals surface area contributed by atoms with Crippen LogP contribution in [0.2, 0.25) is 0 Å². The van der Waals surface area contributed by atoms with E-state index in [-0.39, 0.29) is 0 Å². The summed E-state index contributed by atoms with van der Waals surface area (Å²) in [6, 6.07) is 1.27. The fourth-order valence-electron chi connectivity index (χ4n) is 1.03. The van der Waals surface area contributed by atoms with Gasteiger partial charge in [-0.25, -0.2) is 4.31 Å². The van der Waals surface area contributed by atoms with E-state index in [0.29, 0.717) is 12.1 Å². The van der Waals surface area contributed by atoms with Gasteiger partial charge in [0, 0.05) is 12.1 Å². The predicted molar refractivity (Wildman–Crippen MR) is 58.2 cm³/mol. The van der Waals surface area contributed by atoms with Crippen LogP contribution in [0.3, 0.4) is 0 Å². The molecule has 0 aromatic rings. The highest BCUT2D eigenvalue weighted by Gasteiger charge is 2.14. The minimum absolute atomic E-state index is 0.613. The summed E-state index contributed by atoms with van der Waals surface area (Å²) in [4.78, 5) is 0. The molecule has 0 bridgehead atoms. The predicted octanol–water partition coefficient (Wildman–Crippen LogP) is 3.03. The van der Waals surface area contributed by atoms with E-state index in [9.17, 15) is 0 Å². The highest BCUT2D eigenvalue weighted by atomic mass is 32.2. The first-order valence-electron chi connectivity index (χ1n) is 4.15. The van der Waals surface area contributed by atoms with Gasteiger partial charge in [-0.1, -0.05) is 18.9 Å². The van der Waals surface area contributed by atoms with Crippen LogP contribution in [-0.4, -0.2) is 21.5 Å². The zero-order valence-corrected chi connectivity index (χ0v) is 9.58. The van der Waals surface area contributed by atoms with E-state index in [0.717, 1.165) is 5.08 Å². The zero-order valence-electron chi connectivity index (χ0n) is 7.87. The maximum absolute atomic E-state index is 4.21. The Morgan fingerprint density at radius 1 is 1.36 bits per heavy atom.